The Labute approximate surface area is 112 Å². The topological polar surface area (TPSA) is 38.3 Å². The molecule has 1 aromatic carbocycles. The van der Waals surface area contributed by atoms with Gasteiger partial charge < -0.3 is 10.1 Å². The first kappa shape index (κ1) is 13.4. The number of nitrogens with one attached hydrogen (secondary N) is 1. The van der Waals surface area contributed by atoms with E-state index in [-0.39, 0.29) is 11.7 Å². The van der Waals surface area contributed by atoms with E-state index in [1.807, 2.05) is 6.92 Å². The number of halogens is 1. The van der Waals surface area contributed by atoms with E-state index in [9.17, 15) is 4.79 Å². The second kappa shape index (κ2) is 6.21. The summed E-state index contributed by atoms with van der Waals surface area (Å²) in [5.41, 5.74) is 0.609. The molecule has 98 valence electrons. The molecule has 1 saturated heterocycles. The van der Waals surface area contributed by atoms with Gasteiger partial charge in [0, 0.05) is 17.5 Å². The van der Waals surface area contributed by atoms with Gasteiger partial charge in [-0.25, -0.2) is 0 Å². The average molecular weight is 268 g/mol. The highest BCUT2D eigenvalue weighted by Crippen LogP contribution is 2.27. The number of benzene rings is 1. The van der Waals surface area contributed by atoms with Crippen molar-refractivity contribution >= 4 is 17.4 Å². The summed E-state index contributed by atoms with van der Waals surface area (Å²) >= 11 is 5.98. The predicted octanol–water partition coefficient (Wildman–Crippen LogP) is 2.92. The number of piperidine rings is 1. The van der Waals surface area contributed by atoms with E-state index in [4.69, 9.17) is 16.3 Å². The fraction of sp³-hybridized carbons (Fsp3) is 0.500. The Balaban J connectivity index is 2.24. The third-order valence-electron chi connectivity index (χ3n) is 3.17. The molecule has 1 unspecified atom stereocenters. The first-order chi connectivity index (χ1) is 8.72. The Morgan fingerprint density at radius 1 is 1.56 bits per heavy atom. The minimum atomic E-state index is 0.0384. The summed E-state index contributed by atoms with van der Waals surface area (Å²) in [5.74, 6) is 0.807. The number of rotatable bonds is 4. The second-order valence-corrected chi connectivity index (χ2v) is 4.92. The summed E-state index contributed by atoms with van der Waals surface area (Å²) in [6.45, 7) is 4.20. The molecule has 0 radical (unpaired) electrons. The van der Waals surface area contributed by atoms with Crippen molar-refractivity contribution < 1.29 is 9.53 Å². The molecule has 0 saturated carbocycles. The Kier molecular flexibility index (Phi) is 4.61. The number of Topliss-reactive ketones (excluding diaryl/α,β-unsaturated/α-hetero) is 1. The first-order valence-electron chi connectivity index (χ1n) is 6.39. The van der Waals surface area contributed by atoms with Crippen LogP contribution in [0.5, 0.6) is 5.75 Å². The number of hydrogen-bond acceptors (Lipinski definition) is 3. The largest absolute Gasteiger partial charge is 0.493 e. The van der Waals surface area contributed by atoms with Gasteiger partial charge in [-0.2, -0.15) is 0 Å². The Hall–Kier alpha value is -1.06. The van der Waals surface area contributed by atoms with Crippen LogP contribution in [0.25, 0.3) is 0 Å². The number of ketones is 1. The summed E-state index contributed by atoms with van der Waals surface area (Å²) in [5, 5.41) is 3.83. The molecule has 0 aromatic heterocycles. The van der Waals surface area contributed by atoms with E-state index in [2.05, 4.69) is 5.32 Å². The molecule has 0 bridgehead atoms. The van der Waals surface area contributed by atoms with E-state index in [1.165, 1.54) is 0 Å². The highest BCUT2D eigenvalue weighted by Gasteiger charge is 2.24. The summed E-state index contributed by atoms with van der Waals surface area (Å²) < 4.78 is 5.50. The summed E-state index contributed by atoms with van der Waals surface area (Å²) in [6, 6.07) is 5.24. The molecular weight excluding hydrogens is 250 g/mol. The zero-order valence-corrected chi connectivity index (χ0v) is 11.3. The van der Waals surface area contributed by atoms with Gasteiger partial charge in [0.1, 0.15) is 5.75 Å². The summed E-state index contributed by atoms with van der Waals surface area (Å²) in [4.78, 5) is 12.5. The first-order valence-corrected chi connectivity index (χ1v) is 6.77. The molecule has 1 heterocycles. The molecular formula is C14H18ClNO2. The molecule has 0 amide bonds. The molecule has 1 N–H and O–H groups in total. The van der Waals surface area contributed by atoms with Crippen LogP contribution in [-0.4, -0.2) is 25.5 Å². The van der Waals surface area contributed by atoms with Crippen molar-refractivity contribution in [2.75, 3.05) is 19.7 Å². The smallest absolute Gasteiger partial charge is 0.170 e. The maximum atomic E-state index is 12.5. The number of hydrogen-bond donors (Lipinski definition) is 1. The van der Waals surface area contributed by atoms with E-state index >= 15 is 0 Å². The van der Waals surface area contributed by atoms with Crippen molar-refractivity contribution in [1.82, 2.24) is 5.32 Å². The fourth-order valence-electron chi connectivity index (χ4n) is 2.27. The van der Waals surface area contributed by atoms with Gasteiger partial charge in [0.25, 0.3) is 0 Å². The normalized spacial score (nSPS) is 19.6. The third-order valence-corrected chi connectivity index (χ3v) is 3.41. The van der Waals surface area contributed by atoms with Gasteiger partial charge in [0.15, 0.2) is 5.78 Å². The number of carbonyl (C=O) groups is 1. The van der Waals surface area contributed by atoms with Crippen LogP contribution in [0.2, 0.25) is 5.02 Å². The maximum absolute atomic E-state index is 12.5. The van der Waals surface area contributed by atoms with Gasteiger partial charge in [-0.3, -0.25) is 4.79 Å². The lowest BCUT2D eigenvalue weighted by molar-refractivity contribution is 0.0896. The highest BCUT2D eigenvalue weighted by atomic mass is 35.5. The van der Waals surface area contributed by atoms with Crippen LogP contribution in [0.1, 0.15) is 30.1 Å². The summed E-state index contributed by atoms with van der Waals surface area (Å²) in [6.07, 6.45) is 1.98. The lowest BCUT2D eigenvalue weighted by Crippen LogP contribution is -2.34. The van der Waals surface area contributed by atoms with Crippen LogP contribution < -0.4 is 10.1 Å². The van der Waals surface area contributed by atoms with E-state index < -0.39 is 0 Å². The molecule has 1 aliphatic rings. The quantitative estimate of drug-likeness (QED) is 0.853. The Morgan fingerprint density at radius 3 is 3.06 bits per heavy atom. The maximum Gasteiger partial charge on any atom is 0.170 e. The zero-order valence-electron chi connectivity index (χ0n) is 10.5. The van der Waals surface area contributed by atoms with Crippen molar-refractivity contribution in [3.63, 3.8) is 0 Å². The van der Waals surface area contributed by atoms with Gasteiger partial charge in [-0.15, -0.1) is 0 Å². The van der Waals surface area contributed by atoms with Crippen molar-refractivity contribution in [2.45, 2.75) is 19.8 Å². The van der Waals surface area contributed by atoms with Crippen LogP contribution in [-0.2, 0) is 0 Å². The number of ether oxygens (including phenoxy) is 1. The predicted molar refractivity (Wildman–Crippen MR) is 72.5 cm³/mol. The zero-order chi connectivity index (χ0) is 13.0. The minimum Gasteiger partial charge on any atom is -0.493 e. The van der Waals surface area contributed by atoms with E-state index in [0.29, 0.717) is 22.9 Å². The Bertz CT molecular complexity index is 428. The molecule has 2 rings (SSSR count). The van der Waals surface area contributed by atoms with Gasteiger partial charge in [0.05, 0.1) is 12.2 Å². The monoisotopic (exact) mass is 267 g/mol. The van der Waals surface area contributed by atoms with Gasteiger partial charge in [0.2, 0.25) is 0 Å². The number of carbonyl (C=O) groups excluding carboxylic acids is 1. The highest BCUT2D eigenvalue weighted by molar-refractivity contribution is 6.31. The van der Waals surface area contributed by atoms with Crippen molar-refractivity contribution in [3.8, 4) is 5.75 Å². The van der Waals surface area contributed by atoms with Crippen LogP contribution in [0.4, 0.5) is 0 Å². The molecule has 0 aliphatic carbocycles. The van der Waals surface area contributed by atoms with E-state index in [1.54, 1.807) is 18.2 Å². The standard InChI is InChI=1S/C14H18ClNO2/c1-2-18-13-6-5-11(15)8-12(13)14(17)10-4-3-7-16-9-10/h5-6,8,10,16H,2-4,7,9H2,1H3. The molecule has 3 nitrogen and oxygen atoms in total. The van der Waals surface area contributed by atoms with Crippen molar-refractivity contribution in [2.24, 2.45) is 5.92 Å². The second-order valence-electron chi connectivity index (χ2n) is 4.48. The molecule has 1 atom stereocenters. The summed E-state index contributed by atoms with van der Waals surface area (Å²) in [7, 11) is 0. The lowest BCUT2D eigenvalue weighted by Gasteiger charge is -2.22. The van der Waals surface area contributed by atoms with Crippen molar-refractivity contribution in [3.05, 3.63) is 28.8 Å². The van der Waals surface area contributed by atoms with Crippen LogP contribution >= 0.6 is 11.6 Å². The average Bonchev–Trinajstić information content (AvgIpc) is 2.41. The fourth-order valence-corrected chi connectivity index (χ4v) is 2.44. The Morgan fingerprint density at radius 2 is 2.39 bits per heavy atom. The minimum absolute atomic E-state index is 0.0384. The molecule has 4 heteroatoms. The van der Waals surface area contributed by atoms with Crippen molar-refractivity contribution in [1.29, 1.82) is 0 Å². The van der Waals surface area contributed by atoms with Gasteiger partial charge >= 0.3 is 0 Å². The lowest BCUT2D eigenvalue weighted by atomic mass is 9.90. The van der Waals surface area contributed by atoms with Gasteiger partial charge in [-0.05, 0) is 44.5 Å². The van der Waals surface area contributed by atoms with E-state index in [0.717, 1.165) is 25.9 Å². The molecule has 1 aliphatic heterocycles. The molecule has 1 aromatic rings. The van der Waals surface area contributed by atoms with Crippen LogP contribution in [0.15, 0.2) is 18.2 Å². The molecule has 0 spiro atoms. The van der Waals surface area contributed by atoms with Crippen LogP contribution in [0.3, 0.4) is 0 Å². The van der Waals surface area contributed by atoms with Crippen LogP contribution in [0, 0.1) is 5.92 Å². The SMILES string of the molecule is CCOc1ccc(Cl)cc1C(=O)C1CCCNC1. The van der Waals surface area contributed by atoms with Gasteiger partial charge in [-0.1, -0.05) is 11.6 Å². The molecule has 1 fully saturated rings. The molecule has 18 heavy (non-hydrogen) atoms. The third kappa shape index (κ3) is 3.03.